The van der Waals surface area contributed by atoms with Gasteiger partial charge in [0.25, 0.3) is 0 Å². The number of nitrogens with one attached hydrogen (secondary N) is 1. The molecule has 0 saturated heterocycles. The van der Waals surface area contributed by atoms with Gasteiger partial charge in [0.05, 0.1) is 5.56 Å². The van der Waals surface area contributed by atoms with Gasteiger partial charge in [-0.25, -0.2) is 0 Å². The van der Waals surface area contributed by atoms with Crippen molar-refractivity contribution >= 4 is 5.69 Å². The smallest absolute Gasteiger partial charge is 0.381 e. The van der Waals surface area contributed by atoms with E-state index in [4.69, 9.17) is 0 Å². The molecule has 0 radical (unpaired) electrons. The summed E-state index contributed by atoms with van der Waals surface area (Å²) in [6, 6.07) is 11.3. The number of anilines is 1. The predicted molar refractivity (Wildman–Crippen MR) is 74.7 cm³/mol. The van der Waals surface area contributed by atoms with Crippen LogP contribution in [0.2, 0.25) is 0 Å². The molecule has 0 aliphatic rings. The van der Waals surface area contributed by atoms with Crippen LogP contribution < -0.4 is 5.32 Å². The summed E-state index contributed by atoms with van der Waals surface area (Å²) in [5, 5.41) is 3.22. The first-order chi connectivity index (χ1) is 9.34. The van der Waals surface area contributed by atoms with Crippen molar-refractivity contribution in [1.82, 2.24) is 0 Å². The van der Waals surface area contributed by atoms with Gasteiger partial charge in [0.15, 0.2) is 0 Å². The molecule has 0 amide bonds. The van der Waals surface area contributed by atoms with Crippen molar-refractivity contribution in [1.29, 1.82) is 0 Å². The highest BCUT2D eigenvalue weighted by molar-refractivity contribution is 5.48. The fraction of sp³-hybridized carbons (Fsp3) is 0.250. The number of aryl methyl sites for hydroxylation is 2. The average Bonchev–Trinajstić information content (AvgIpc) is 2.35. The second-order valence-corrected chi connectivity index (χ2v) is 4.92. The fourth-order valence-electron chi connectivity index (χ4n) is 2.09. The SMILES string of the molecule is Cc1cc(C)cc(NCc2ccc(C(F)(F)F)cc2)c1. The molecule has 1 N–H and O–H groups in total. The lowest BCUT2D eigenvalue weighted by molar-refractivity contribution is -0.137. The average molecular weight is 279 g/mol. The number of hydrogen-bond donors (Lipinski definition) is 1. The maximum absolute atomic E-state index is 12.4. The Bertz CT molecular complexity index is 565. The van der Waals surface area contributed by atoms with Crippen molar-refractivity contribution < 1.29 is 13.2 Å². The van der Waals surface area contributed by atoms with E-state index in [0.29, 0.717) is 6.54 Å². The number of alkyl halides is 3. The van der Waals surface area contributed by atoms with Gasteiger partial charge in [0.1, 0.15) is 0 Å². The third-order valence-electron chi connectivity index (χ3n) is 3.00. The first-order valence-electron chi connectivity index (χ1n) is 6.33. The van der Waals surface area contributed by atoms with Crippen molar-refractivity contribution in [3.8, 4) is 0 Å². The Balaban J connectivity index is 2.04. The Kier molecular flexibility index (Phi) is 4.02. The molecule has 2 rings (SSSR count). The Morgan fingerprint density at radius 3 is 1.95 bits per heavy atom. The van der Waals surface area contributed by atoms with Crippen LogP contribution in [0.25, 0.3) is 0 Å². The van der Waals surface area contributed by atoms with E-state index in [9.17, 15) is 13.2 Å². The van der Waals surface area contributed by atoms with Crippen LogP contribution in [-0.2, 0) is 12.7 Å². The van der Waals surface area contributed by atoms with Crippen molar-refractivity contribution in [3.63, 3.8) is 0 Å². The van der Waals surface area contributed by atoms with E-state index in [-0.39, 0.29) is 0 Å². The Labute approximate surface area is 116 Å². The number of benzene rings is 2. The summed E-state index contributed by atoms with van der Waals surface area (Å²) in [6.07, 6.45) is -4.28. The number of rotatable bonds is 3. The lowest BCUT2D eigenvalue weighted by Crippen LogP contribution is -2.05. The molecule has 0 aliphatic heterocycles. The molecular weight excluding hydrogens is 263 g/mol. The minimum atomic E-state index is -4.28. The van der Waals surface area contributed by atoms with Gasteiger partial charge in [0, 0.05) is 12.2 Å². The highest BCUT2D eigenvalue weighted by Crippen LogP contribution is 2.29. The van der Waals surface area contributed by atoms with Crippen molar-refractivity contribution in [2.45, 2.75) is 26.6 Å². The van der Waals surface area contributed by atoms with E-state index in [1.807, 2.05) is 26.0 Å². The maximum Gasteiger partial charge on any atom is 0.416 e. The van der Waals surface area contributed by atoms with E-state index < -0.39 is 11.7 Å². The lowest BCUT2D eigenvalue weighted by atomic mass is 10.1. The van der Waals surface area contributed by atoms with Crippen molar-refractivity contribution in [3.05, 3.63) is 64.7 Å². The summed E-state index contributed by atoms with van der Waals surface area (Å²) in [5.41, 5.74) is 3.48. The second-order valence-electron chi connectivity index (χ2n) is 4.92. The third kappa shape index (κ3) is 3.76. The summed E-state index contributed by atoms with van der Waals surface area (Å²) in [7, 11) is 0. The minimum absolute atomic E-state index is 0.501. The first-order valence-corrected chi connectivity index (χ1v) is 6.33. The molecule has 0 bridgehead atoms. The molecule has 0 spiro atoms. The van der Waals surface area contributed by atoms with Gasteiger partial charge in [-0.1, -0.05) is 18.2 Å². The molecular formula is C16H16F3N. The van der Waals surface area contributed by atoms with Gasteiger partial charge in [0.2, 0.25) is 0 Å². The van der Waals surface area contributed by atoms with E-state index in [2.05, 4.69) is 11.4 Å². The maximum atomic E-state index is 12.4. The van der Waals surface area contributed by atoms with E-state index >= 15 is 0 Å². The zero-order chi connectivity index (χ0) is 14.8. The van der Waals surface area contributed by atoms with Crippen LogP contribution in [0.15, 0.2) is 42.5 Å². The van der Waals surface area contributed by atoms with Crippen LogP contribution in [0.1, 0.15) is 22.3 Å². The largest absolute Gasteiger partial charge is 0.416 e. The Hall–Kier alpha value is -1.97. The van der Waals surface area contributed by atoms with Gasteiger partial charge in [-0.15, -0.1) is 0 Å². The normalized spacial score (nSPS) is 11.4. The van der Waals surface area contributed by atoms with Gasteiger partial charge >= 0.3 is 6.18 Å². The second kappa shape index (κ2) is 5.57. The molecule has 20 heavy (non-hydrogen) atoms. The van der Waals surface area contributed by atoms with Crippen molar-refractivity contribution in [2.75, 3.05) is 5.32 Å². The molecule has 0 aliphatic carbocycles. The Morgan fingerprint density at radius 1 is 0.900 bits per heavy atom. The highest BCUT2D eigenvalue weighted by atomic mass is 19.4. The summed E-state index contributed by atoms with van der Waals surface area (Å²) < 4.78 is 37.3. The molecule has 4 heteroatoms. The Morgan fingerprint density at radius 2 is 1.45 bits per heavy atom. The summed E-state index contributed by atoms with van der Waals surface area (Å²) >= 11 is 0. The molecule has 1 nitrogen and oxygen atoms in total. The molecule has 0 unspecified atom stereocenters. The highest BCUT2D eigenvalue weighted by Gasteiger charge is 2.29. The van der Waals surface area contributed by atoms with Crippen LogP contribution in [0.3, 0.4) is 0 Å². The van der Waals surface area contributed by atoms with Gasteiger partial charge in [-0.05, 0) is 54.8 Å². The van der Waals surface area contributed by atoms with Crippen LogP contribution in [0.4, 0.5) is 18.9 Å². The molecule has 0 saturated carbocycles. The molecule has 106 valence electrons. The molecule has 2 aromatic carbocycles. The predicted octanol–water partition coefficient (Wildman–Crippen LogP) is 4.93. The fourth-order valence-corrected chi connectivity index (χ4v) is 2.09. The molecule has 2 aromatic rings. The monoisotopic (exact) mass is 279 g/mol. The minimum Gasteiger partial charge on any atom is -0.381 e. The zero-order valence-electron chi connectivity index (χ0n) is 11.4. The van der Waals surface area contributed by atoms with E-state index in [1.165, 1.54) is 12.1 Å². The summed E-state index contributed by atoms with van der Waals surface area (Å²) in [4.78, 5) is 0. The number of halogens is 3. The van der Waals surface area contributed by atoms with E-state index in [1.54, 1.807) is 0 Å². The standard InChI is InChI=1S/C16H16F3N/c1-11-7-12(2)9-15(8-11)20-10-13-3-5-14(6-4-13)16(17,18)19/h3-9,20H,10H2,1-2H3. The number of hydrogen-bond acceptors (Lipinski definition) is 1. The van der Waals surface area contributed by atoms with Gasteiger partial charge in [-0.2, -0.15) is 13.2 Å². The topological polar surface area (TPSA) is 12.0 Å². The molecule has 0 fully saturated rings. The zero-order valence-corrected chi connectivity index (χ0v) is 11.4. The van der Waals surface area contributed by atoms with Gasteiger partial charge < -0.3 is 5.32 Å². The summed E-state index contributed by atoms with van der Waals surface area (Å²) in [5.74, 6) is 0. The molecule has 0 aromatic heterocycles. The first kappa shape index (κ1) is 14.4. The van der Waals surface area contributed by atoms with E-state index in [0.717, 1.165) is 34.5 Å². The van der Waals surface area contributed by atoms with Crippen LogP contribution >= 0.6 is 0 Å². The molecule has 0 atom stereocenters. The summed E-state index contributed by atoms with van der Waals surface area (Å²) in [6.45, 7) is 4.52. The quantitative estimate of drug-likeness (QED) is 0.839. The lowest BCUT2D eigenvalue weighted by Gasteiger charge is -2.10. The molecule has 0 heterocycles. The van der Waals surface area contributed by atoms with Crippen LogP contribution in [0.5, 0.6) is 0 Å². The van der Waals surface area contributed by atoms with Crippen LogP contribution in [-0.4, -0.2) is 0 Å². The van der Waals surface area contributed by atoms with Crippen molar-refractivity contribution in [2.24, 2.45) is 0 Å². The van der Waals surface area contributed by atoms with Gasteiger partial charge in [-0.3, -0.25) is 0 Å². The van der Waals surface area contributed by atoms with Crippen LogP contribution in [0, 0.1) is 13.8 Å². The third-order valence-corrected chi connectivity index (χ3v) is 3.00.